The van der Waals surface area contributed by atoms with E-state index in [1.807, 2.05) is 6.92 Å². The summed E-state index contributed by atoms with van der Waals surface area (Å²) in [5.74, 6) is 0.277. The van der Waals surface area contributed by atoms with Gasteiger partial charge in [-0.1, -0.05) is 17.7 Å². The predicted molar refractivity (Wildman–Crippen MR) is 96.6 cm³/mol. The molecular weight excluding hydrogens is 386 g/mol. The number of benzene rings is 1. The van der Waals surface area contributed by atoms with E-state index < -0.39 is 22.4 Å². The second-order valence-electron chi connectivity index (χ2n) is 6.77. The van der Waals surface area contributed by atoms with E-state index in [0.717, 1.165) is 5.56 Å². The van der Waals surface area contributed by atoms with Gasteiger partial charge in [0.1, 0.15) is 30.2 Å². The van der Waals surface area contributed by atoms with E-state index in [0.29, 0.717) is 11.2 Å². The number of fused-ring (bicyclic) bond motifs is 2. The number of nitrogens with zero attached hydrogens (tertiary/aromatic N) is 4. The van der Waals surface area contributed by atoms with E-state index in [9.17, 15) is 8.42 Å². The fourth-order valence-electron chi connectivity index (χ4n) is 3.34. The summed E-state index contributed by atoms with van der Waals surface area (Å²) in [7, 11) is -3.87. The van der Waals surface area contributed by atoms with Crippen molar-refractivity contribution in [3.63, 3.8) is 0 Å². The maximum Gasteiger partial charge on any atom is 0.297 e. The topological polar surface area (TPSA) is 135 Å². The smallest absolute Gasteiger partial charge is 0.297 e. The van der Waals surface area contributed by atoms with Crippen LogP contribution in [-0.4, -0.2) is 52.9 Å². The lowest BCUT2D eigenvalue weighted by molar-refractivity contribution is -0.0781. The van der Waals surface area contributed by atoms with E-state index in [4.69, 9.17) is 19.4 Å². The third kappa shape index (κ3) is 2.83. The Morgan fingerprint density at radius 3 is 2.71 bits per heavy atom. The number of hydrogen-bond donors (Lipinski definition) is 1. The third-order valence-electron chi connectivity index (χ3n) is 4.88. The van der Waals surface area contributed by atoms with Crippen LogP contribution < -0.4 is 5.73 Å². The summed E-state index contributed by atoms with van der Waals surface area (Å²) in [6.07, 6.45) is 1.45. The first-order valence-electron chi connectivity index (χ1n) is 8.64. The van der Waals surface area contributed by atoms with Gasteiger partial charge in [-0.15, -0.1) is 0 Å². The summed E-state index contributed by atoms with van der Waals surface area (Å²) in [6.45, 7) is 1.74. The first-order valence-corrected chi connectivity index (χ1v) is 10.0. The van der Waals surface area contributed by atoms with Crippen molar-refractivity contribution >= 4 is 27.1 Å². The maximum atomic E-state index is 12.4. The minimum Gasteiger partial charge on any atom is -0.382 e. The molecule has 1 aromatic carbocycles. The van der Waals surface area contributed by atoms with Crippen molar-refractivity contribution in [2.75, 3.05) is 12.3 Å². The molecule has 4 unspecified atom stereocenters. The number of nitrogens with two attached hydrogens (primary N) is 1. The molecule has 0 amide bonds. The number of anilines is 1. The zero-order valence-corrected chi connectivity index (χ0v) is 15.6. The highest BCUT2D eigenvalue weighted by Crippen LogP contribution is 2.45. The first-order chi connectivity index (χ1) is 13.4. The van der Waals surface area contributed by atoms with Crippen molar-refractivity contribution in [3.8, 4) is 0 Å². The Balaban J connectivity index is 1.31. The molecule has 4 heterocycles. The van der Waals surface area contributed by atoms with Crippen molar-refractivity contribution in [1.29, 1.82) is 0 Å². The Morgan fingerprint density at radius 1 is 1.14 bits per heavy atom. The molecule has 0 aliphatic carbocycles. The number of epoxide rings is 1. The molecule has 28 heavy (non-hydrogen) atoms. The molecule has 2 fully saturated rings. The van der Waals surface area contributed by atoms with Gasteiger partial charge in [0.25, 0.3) is 10.1 Å². The molecule has 2 saturated heterocycles. The quantitative estimate of drug-likeness (QED) is 0.484. The highest BCUT2D eigenvalue weighted by atomic mass is 32.2. The van der Waals surface area contributed by atoms with Gasteiger partial charge in [0.2, 0.25) is 0 Å². The highest BCUT2D eigenvalue weighted by Gasteiger charge is 2.59. The average molecular weight is 403 g/mol. The van der Waals surface area contributed by atoms with E-state index in [-0.39, 0.29) is 29.5 Å². The fourth-order valence-corrected chi connectivity index (χ4v) is 4.26. The Bertz CT molecular complexity index is 1150. The lowest BCUT2D eigenvalue weighted by Gasteiger charge is -2.18. The van der Waals surface area contributed by atoms with Crippen LogP contribution in [-0.2, 0) is 23.8 Å². The molecule has 5 rings (SSSR count). The van der Waals surface area contributed by atoms with Crippen LogP contribution in [0.1, 0.15) is 11.8 Å². The number of aryl methyl sites for hydroxylation is 1. The van der Waals surface area contributed by atoms with Crippen LogP contribution in [0.25, 0.3) is 11.2 Å². The molecule has 146 valence electrons. The summed E-state index contributed by atoms with van der Waals surface area (Å²) >= 11 is 0. The fraction of sp³-hybridized carbons (Fsp3) is 0.353. The minimum atomic E-state index is -3.87. The van der Waals surface area contributed by atoms with E-state index in [2.05, 4.69) is 15.0 Å². The molecule has 0 spiro atoms. The molecular formula is C17H17N5O5S. The van der Waals surface area contributed by atoms with E-state index >= 15 is 0 Å². The number of ether oxygens (including phenoxy) is 2. The molecule has 0 bridgehead atoms. The normalized spacial score (nSPS) is 26.5. The monoisotopic (exact) mass is 403 g/mol. The molecule has 4 atom stereocenters. The average Bonchev–Trinajstić information content (AvgIpc) is 3.20. The molecule has 11 heteroatoms. The highest BCUT2D eigenvalue weighted by molar-refractivity contribution is 7.86. The Hall–Kier alpha value is -2.60. The van der Waals surface area contributed by atoms with Crippen LogP contribution in [0.2, 0.25) is 0 Å². The predicted octanol–water partition coefficient (Wildman–Crippen LogP) is 0.787. The molecule has 2 aromatic heterocycles. The number of nitrogen functional groups attached to an aromatic ring is 1. The van der Waals surface area contributed by atoms with Crippen LogP contribution in [0, 0.1) is 6.92 Å². The zero-order chi connectivity index (χ0) is 19.5. The number of imidazole rings is 1. The van der Waals surface area contributed by atoms with Crippen molar-refractivity contribution in [2.24, 2.45) is 0 Å². The van der Waals surface area contributed by atoms with E-state index in [1.54, 1.807) is 23.0 Å². The lowest BCUT2D eigenvalue weighted by atomic mass is 10.2. The SMILES string of the molecule is Cc1ccc(S(=O)(=O)OCC2OC(n3cnc4c(N)ncnc43)C3OC23)cc1. The van der Waals surface area contributed by atoms with Gasteiger partial charge in [-0.05, 0) is 19.1 Å². The van der Waals surface area contributed by atoms with Crippen LogP contribution in [0.5, 0.6) is 0 Å². The van der Waals surface area contributed by atoms with Gasteiger partial charge in [0.15, 0.2) is 17.7 Å². The van der Waals surface area contributed by atoms with Crippen LogP contribution in [0.4, 0.5) is 5.82 Å². The molecule has 0 saturated carbocycles. The summed E-state index contributed by atoms with van der Waals surface area (Å²) in [6, 6.07) is 6.47. The molecule has 10 nitrogen and oxygen atoms in total. The van der Waals surface area contributed by atoms with Gasteiger partial charge in [-0.2, -0.15) is 8.42 Å². The second kappa shape index (κ2) is 6.21. The Kier molecular flexibility index (Phi) is 3.88. The number of hydrogen-bond acceptors (Lipinski definition) is 9. The third-order valence-corrected chi connectivity index (χ3v) is 6.18. The molecule has 2 N–H and O–H groups in total. The second-order valence-corrected chi connectivity index (χ2v) is 8.38. The van der Waals surface area contributed by atoms with Crippen LogP contribution >= 0.6 is 0 Å². The standard InChI is InChI=1S/C17H17N5O5S/c1-9-2-4-10(5-3-9)28(23,24)25-6-11-13-14(27-13)17(26-11)22-8-21-12-15(18)19-7-20-16(12)22/h2-5,7-8,11,13-14,17H,6H2,1H3,(H2,18,19,20). The molecule has 3 aromatic rings. The summed E-state index contributed by atoms with van der Waals surface area (Å²) < 4.78 is 43.3. The Morgan fingerprint density at radius 2 is 1.93 bits per heavy atom. The van der Waals surface area contributed by atoms with Crippen LogP contribution in [0.15, 0.2) is 41.8 Å². The van der Waals surface area contributed by atoms with Crippen molar-refractivity contribution in [1.82, 2.24) is 19.5 Å². The summed E-state index contributed by atoms with van der Waals surface area (Å²) in [4.78, 5) is 12.4. The molecule has 2 aliphatic heterocycles. The van der Waals surface area contributed by atoms with Gasteiger partial charge in [-0.3, -0.25) is 8.75 Å². The largest absolute Gasteiger partial charge is 0.382 e. The number of rotatable bonds is 5. The van der Waals surface area contributed by atoms with Crippen molar-refractivity contribution < 1.29 is 22.1 Å². The summed E-state index contributed by atoms with van der Waals surface area (Å²) in [5, 5.41) is 0. The van der Waals surface area contributed by atoms with Gasteiger partial charge in [0.05, 0.1) is 17.8 Å². The summed E-state index contributed by atoms with van der Waals surface area (Å²) in [5.41, 5.74) is 7.79. The lowest BCUT2D eigenvalue weighted by Crippen LogP contribution is -2.25. The number of aromatic nitrogens is 4. The van der Waals surface area contributed by atoms with Gasteiger partial charge < -0.3 is 15.2 Å². The van der Waals surface area contributed by atoms with Gasteiger partial charge in [-0.25, -0.2) is 15.0 Å². The van der Waals surface area contributed by atoms with E-state index in [1.165, 1.54) is 18.5 Å². The van der Waals surface area contributed by atoms with Crippen LogP contribution in [0.3, 0.4) is 0 Å². The van der Waals surface area contributed by atoms with Crippen molar-refractivity contribution in [2.45, 2.75) is 36.4 Å². The minimum absolute atomic E-state index is 0.105. The zero-order valence-electron chi connectivity index (χ0n) is 14.8. The molecule has 0 radical (unpaired) electrons. The maximum absolute atomic E-state index is 12.4. The Labute approximate surface area is 160 Å². The van der Waals surface area contributed by atoms with Crippen molar-refractivity contribution in [3.05, 3.63) is 42.5 Å². The molecule has 2 aliphatic rings. The first kappa shape index (κ1) is 17.5. The van der Waals surface area contributed by atoms with Gasteiger partial charge >= 0.3 is 0 Å². The van der Waals surface area contributed by atoms with Gasteiger partial charge in [0, 0.05) is 0 Å².